The van der Waals surface area contributed by atoms with Crippen LogP contribution in [0.4, 0.5) is 5.95 Å². The van der Waals surface area contributed by atoms with E-state index in [2.05, 4.69) is 40.1 Å². The van der Waals surface area contributed by atoms with Gasteiger partial charge in [-0.05, 0) is 42.8 Å². The number of anilines is 1. The molecular formula is C20H20ClN9O. The lowest BCUT2D eigenvalue weighted by Gasteiger charge is -2.32. The van der Waals surface area contributed by atoms with Gasteiger partial charge in [0.1, 0.15) is 0 Å². The van der Waals surface area contributed by atoms with Crippen molar-refractivity contribution in [2.45, 2.75) is 25.9 Å². The van der Waals surface area contributed by atoms with Crippen LogP contribution in [0, 0.1) is 0 Å². The van der Waals surface area contributed by atoms with Crippen LogP contribution in [0.1, 0.15) is 25.2 Å². The molecule has 1 aromatic carbocycles. The van der Waals surface area contributed by atoms with Crippen LogP contribution < -0.4 is 9.64 Å². The average Bonchev–Trinajstić information content (AvgIpc) is 3.46. The van der Waals surface area contributed by atoms with Gasteiger partial charge in [-0.1, -0.05) is 17.7 Å². The third-order valence-electron chi connectivity index (χ3n) is 5.28. The maximum atomic E-state index is 6.09. The van der Waals surface area contributed by atoms with Gasteiger partial charge in [-0.25, -0.2) is 4.98 Å². The molecule has 1 aliphatic heterocycles. The van der Waals surface area contributed by atoms with E-state index in [1.54, 1.807) is 19.4 Å². The molecule has 158 valence electrons. The molecule has 0 saturated heterocycles. The Bertz CT molecular complexity index is 1220. The van der Waals surface area contributed by atoms with E-state index in [9.17, 15) is 0 Å². The number of ether oxygens (including phenoxy) is 1. The van der Waals surface area contributed by atoms with Gasteiger partial charge in [0.25, 0.3) is 0 Å². The summed E-state index contributed by atoms with van der Waals surface area (Å²) in [6, 6.07) is 11.0. The number of benzene rings is 1. The molecule has 0 fully saturated rings. The second-order valence-electron chi connectivity index (χ2n) is 7.20. The Labute approximate surface area is 183 Å². The van der Waals surface area contributed by atoms with Crippen LogP contribution in [0.2, 0.25) is 5.02 Å². The summed E-state index contributed by atoms with van der Waals surface area (Å²) in [5.74, 6) is 2.70. The van der Waals surface area contributed by atoms with Crippen LogP contribution in [0.15, 0.2) is 42.6 Å². The predicted molar refractivity (Wildman–Crippen MR) is 114 cm³/mol. The first kappa shape index (κ1) is 19.4. The van der Waals surface area contributed by atoms with E-state index in [1.807, 2.05) is 37.3 Å². The fraction of sp³-hybridized carbons (Fsp3) is 0.300. The summed E-state index contributed by atoms with van der Waals surface area (Å²) in [4.78, 5) is 7.81. The van der Waals surface area contributed by atoms with Crippen molar-refractivity contribution >= 4 is 17.5 Å². The minimum absolute atomic E-state index is 0.129. The van der Waals surface area contributed by atoms with Crippen LogP contribution in [-0.4, -0.2) is 53.6 Å². The molecule has 5 rings (SSSR count). The monoisotopic (exact) mass is 437 g/mol. The van der Waals surface area contributed by atoms with Crippen molar-refractivity contribution < 1.29 is 4.74 Å². The first-order chi connectivity index (χ1) is 15.1. The zero-order chi connectivity index (χ0) is 21.4. The molecule has 4 heterocycles. The van der Waals surface area contributed by atoms with Gasteiger partial charge in [-0.3, -0.25) is 4.57 Å². The molecule has 10 nitrogen and oxygen atoms in total. The van der Waals surface area contributed by atoms with Gasteiger partial charge >= 0.3 is 0 Å². The highest BCUT2D eigenvalue weighted by Gasteiger charge is 2.29. The van der Waals surface area contributed by atoms with E-state index >= 15 is 0 Å². The highest BCUT2D eigenvalue weighted by molar-refractivity contribution is 6.30. The molecule has 31 heavy (non-hydrogen) atoms. The topological polar surface area (TPSA) is 99.7 Å². The molecule has 1 aliphatic rings. The first-order valence-corrected chi connectivity index (χ1v) is 10.3. The number of hydrogen-bond acceptors (Lipinski definition) is 8. The molecule has 1 unspecified atom stereocenters. The van der Waals surface area contributed by atoms with Crippen LogP contribution in [0.3, 0.4) is 0 Å². The summed E-state index contributed by atoms with van der Waals surface area (Å²) >= 11 is 6.09. The lowest BCUT2D eigenvalue weighted by atomic mass is 10.2. The van der Waals surface area contributed by atoms with E-state index in [0.717, 1.165) is 42.5 Å². The van der Waals surface area contributed by atoms with Crippen molar-refractivity contribution in [3.63, 3.8) is 0 Å². The lowest BCUT2D eigenvalue weighted by molar-refractivity contribution is 0.398. The summed E-state index contributed by atoms with van der Waals surface area (Å²) in [5.41, 5.74) is 1.67. The molecule has 0 aliphatic carbocycles. The molecular weight excluding hydrogens is 418 g/mol. The maximum absolute atomic E-state index is 6.09. The van der Waals surface area contributed by atoms with Gasteiger partial charge in [0.15, 0.2) is 11.6 Å². The number of aromatic nitrogens is 8. The molecule has 0 N–H and O–H groups in total. The number of pyridine rings is 1. The van der Waals surface area contributed by atoms with E-state index in [4.69, 9.17) is 16.3 Å². The van der Waals surface area contributed by atoms with Gasteiger partial charge in [0.2, 0.25) is 11.8 Å². The van der Waals surface area contributed by atoms with E-state index in [0.29, 0.717) is 16.7 Å². The second kappa shape index (κ2) is 7.95. The third-order valence-corrected chi connectivity index (χ3v) is 5.52. The zero-order valence-corrected chi connectivity index (χ0v) is 17.8. The summed E-state index contributed by atoms with van der Waals surface area (Å²) < 4.78 is 7.35. The number of halogens is 1. The molecule has 4 aromatic rings. The molecule has 0 amide bonds. The quantitative estimate of drug-likeness (QED) is 0.469. The summed E-state index contributed by atoms with van der Waals surface area (Å²) in [6.45, 7) is 3.69. The minimum atomic E-state index is -0.129. The van der Waals surface area contributed by atoms with Gasteiger partial charge < -0.3 is 9.64 Å². The second-order valence-corrected chi connectivity index (χ2v) is 7.64. The Morgan fingerprint density at radius 2 is 2.00 bits per heavy atom. The Morgan fingerprint density at radius 3 is 2.84 bits per heavy atom. The molecule has 0 radical (unpaired) electrons. The van der Waals surface area contributed by atoms with Gasteiger partial charge in [0.05, 0.1) is 18.8 Å². The van der Waals surface area contributed by atoms with Crippen molar-refractivity contribution in [3.05, 3.63) is 53.4 Å². The van der Waals surface area contributed by atoms with E-state index in [1.165, 1.54) is 4.80 Å². The number of methoxy groups -OCH3 is 1. The summed E-state index contributed by atoms with van der Waals surface area (Å²) in [6.07, 6.45) is 2.66. The average molecular weight is 438 g/mol. The highest BCUT2D eigenvalue weighted by atomic mass is 35.5. The standard InChI is InChI=1S/C20H20ClN9O/c1-13(18-23-27-30(26-18)16-6-3-5-15(21)12-16)28-9-4-10-29-19(24-25-20(28)29)14-7-8-22-17(11-14)31-2/h3,5-8,11-13H,4,9-10H2,1-2H3. The Balaban J connectivity index is 1.45. The smallest absolute Gasteiger partial charge is 0.228 e. The molecule has 11 heteroatoms. The molecule has 1 atom stereocenters. The normalized spacial score (nSPS) is 14.4. The van der Waals surface area contributed by atoms with Crippen LogP contribution in [-0.2, 0) is 6.54 Å². The van der Waals surface area contributed by atoms with E-state index in [-0.39, 0.29) is 6.04 Å². The van der Waals surface area contributed by atoms with Gasteiger partial charge in [-0.2, -0.15) is 0 Å². The number of fused-ring (bicyclic) bond motifs is 1. The van der Waals surface area contributed by atoms with Gasteiger partial charge in [-0.15, -0.1) is 25.2 Å². The summed E-state index contributed by atoms with van der Waals surface area (Å²) in [5, 5.41) is 22.6. The molecule has 0 saturated carbocycles. The number of hydrogen-bond donors (Lipinski definition) is 0. The predicted octanol–water partition coefficient (Wildman–Crippen LogP) is 2.95. The van der Waals surface area contributed by atoms with Crippen molar-refractivity contribution in [2.24, 2.45) is 0 Å². The Kier molecular flexibility index (Phi) is 4.99. The molecule has 0 bridgehead atoms. The minimum Gasteiger partial charge on any atom is -0.481 e. The highest BCUT2D eigenvalue weighted by Crippen LogP contribution is 2.32. The number of nitrogens with zero attached hydrogens (tertiary/aromatic N) is 9. The maximum Gasteiger partial charge on any atom is 0.228 e. The number of tetrazole rings is 1. The van der Waals surface area contributed by atoms with Crippen LogP contribution in [0.25, 0.3) is 17.1 Å². The van der Waals surface area contributed by atoms with Crippen LogP contribution >= 0.6 is 11.6 Å². The SMILES string of the molecule is COc1cc(-c2nnc3n2CCCN3C(C)c2nnn(-c3cccc(Cl)c3)n2)ccn1. The van der Waals surface area contributed by atoms with Crippen molar-refractivity contribution in [2.75, 3.05) is 18.6 Å². The van der Waals surface area contributed by atoms with E-state index < -0.39 is 0 Å². The largest absolute Gasteiger partial charge is 0.481 e. The first-order valence-electron chi connectivity index (χ1n) is 9.90. The zero-order valence-electron chi connectivity index (χ0n) is 17.1. The Hall–Kier alpha value is -3.53. The van der Waals surface area contributed by atoms with Crippen LogP contribution in [0.5, 0.6) is 5.88 Å². The van der Waals surface area contributed by atoms with Crippen molar-refractivity contribution in [1.29, 1.82) is 0 Å². The fourth-order valence-electron chi connectivity index (χ4n) is 3.69. The van der Waals surface area contributed by atoms with Gasteiger partial charge in [0, 0.05) is 35.9 Å². The summed E-state index contributed by atoms with van der Waals surface area (Å²) in [7, 11) is 1.60. The third kappa shape index (κ3) is 3.59. The van der Waals surface area contributed by atoms with Crippen molar-refractivity contribution in [1.82, 2.24) is 40.0 Å². The lowest BCUT2D eigenvalue weighted by Crippen LogP contribution is -2.35. The molecule has 3 aromatic heterocycles. The van der Waals surface area contributed by atoms with Crippen molar-refractivity contribution in [3.8, 4) is 23.0 Å². The Morgan fingerprint density at radius 1 is 1.10 bits per heavy atom. The number of rotatable bonds is 5. The fourth-order valence-corrected chi connectivity index (χ4v) is 3.88. The molecule has 0 spiro atoms.